The molecule has 1 aliphatic carbocycles. The average Bonchev–Trinajstić information content (AvgIpc) is 3.76. The lowest BCUT2D eigenvalue weighted by atomic mass is 10.1. The summed E-state index contributed by atoms with van der Waals surface area (Å²) < 4.78 is 4.97. The fraction of sp³-hybridized carbons (Fsp3) is 0.382. The number of hydrogen-bond donors (Lipinski definition) is 1. The van der Waals surface area contributed by atoms with E-state index in [4.69, 9.17) is 4.74 Å². The Morgan fingerprint density at radius 1 is 0.902 bits per heavy atom. The van der Waals surface area contributed by atoms with Gasteiger partial charge in [-0.25, -0.2) is 0 Å². The van der Waals surface area contributed by atoms with Crippen LogP contribution in [0.4, 0.5) is 0 Å². The summed E-state index contributed by atoms with van der Waals surface area (Å²) in [5.41, 5.74) is 4.95. The predicted molar refractivity (Wildman–Crippen MR) is 165 cm³/mol. The van der Waals surface area contributed by atoms with Crippen molar-refractivity contribution in [1.29, 1.82) is 0 Å². The molecule has 1 amide bonds. The number of nitrogens with one attached hydrogen (secondary N) is 1. The number of carbonyl (C=O) groups excluding carboxylic acids is 2. The van der Waals surface area contributed by atoms with Crippen molar-refractivity contribution in [2.75, 3.05) is 40.3 Å². The number of amides is 1. The van der Waals surface area contributed by atoms with E-state index in [9.17, 15) is 9.59 Å². The number of carbonyl (C=O) groups is 2. The number of Topliss-reactive ketones (excluding diaryl/α,β-unsaturated/α-hetero) is 1. The van der Waals surface area contributed by atoms with Crippen molar-refractivity contribution in [2.24, 2.45) is 11.8 Å². The molecule has 1 saturated carbocycles. The number of fused-ring (bicyclic) bond motifs is 1. The second-order valence-corrected chi connectivity index (χ2v) is 11.1. The number of ether oxygens (including phenoxy) is 1. The van der Waals surface area contributed by atoms with Gasteiger partial charge in [-0.15, -0.1) is 0 Å². The molecule has 4 aromatic rings. The highest BCUT2D eigenvalue weighted by Gasteiger charge is 2.30. The SMILES string of the molecule is CC(C)C(=O)C1CC1.CN1CCN(C(=O)c2ccc(-c3n[nH]c4ccccc34)cc2)CC1.COc1ccc(C)cc1. The smallest absolute Gasteiger partial charge is 0.253 e. The van der Waals surface area contributed by atoms with Crippen LogP contribution in [0.25, 0.3) is 22.2 Å². The summed E-state index contributed by atoms with van der Waals surface area (Å²) in [5, 5.41) is 8.56. The molecule has 6 rings (SSSR count). The molecule has 0 bridgehead atoms. The highest BCUT2D eigenvalue weighted by molar-refractivity contribution is 5.96. The van der Waals surface area contributed by atoms with Crippen molar-refractivity contribution < 1.29 is 14.3 Å². The van der Waals surface area contributed by atoms with Crippen LogP contribution in [-0.2, 0) is 4.79 Å². The molecule has 41 heavy (non-hydrogen) atoms. The Bertz CT molecular complexity index is 1410. The predicted octanol–water partition coefficient (Wildman–Crippen LogP) is 6.24. The molecule has 2 aliphatic rings. The van der Waals surface area contributed by atoms with Crippen LogP contribution in [0.3, 0.4) is 0 Å². The number of likely N-dealkylation sites (N-methyl/N-ethyl adjacent to an activating group) is 1. The first-order valence-corrected chi connectivity index (χ1v) is 14.4. The summed E-state index contributed by atoms with van der Waals surface area (Å²) in [6.07, 6.45) is 2.30. The number of piperazine rings is 1. The zero-order valence-corrected chi connectivity index (χ0v) is 24.9. The van der Waals surface area contributed by atoms with E-state index < -0.39 is 0 Å². The summed E-state index contributed by atoms with van der Waals surface area (Å²) in [4.78, 5) is 27.7. The normalized spacial score (nSPS) is 15.0. The number of ketones is 1. The molecule has 2 fully saturated rings. The molecular weight excluding hydrogens is 512 g/mol. The van der Waals surface area contributed by atoms with Crippen molar-refractivity contribution >= 4 is 22.6 Å². The number of H-pyrrole nitrogens is 1. The van der Waals surface area contributed by atoms with Gasteiger partial charge in [0, 0.05) is 54.5 Å². The number of hydrogen-bond acceptors (Lipinski definition) is 5. The molecule has 0 atom stereocenters. The summed E-state index contributed by atoms with van der Waals surface area (Å²) in [7, 11) is 3.76. The fourth-order valence-corrected chi connectivity index (χ4v) is 4.66. The summed E-state index contributed by atoms with van der Waals surface area (Å²) in [5.74, 6) is 2.21. The van der Waals surface area contributed by atoms with Gasteiger partial charge in [0.15, 0.2) is 0 Å². The molecule has 1 aromatic heterocycles. The Labute approximate surface area is 243 Å². The quantitative estimate of drug-likeness (QED) is 0.316. The standard InChI is InChI=1S/C19H20N4O.C8H10O.C7H12O/c1-22-10-12-23(13-11-22)19(24)15-8-6-14(7-9-15)18-16-4-2-3-5-17(16)20-21-18;1-7-3-5-8(9-2)6-4-7;1-5(2)7(8)6-3-4-6/h2-9H,10-13H2,1H3,(H,20,21);3-6H,1-2H3;5-6H,3-4H2,1-2H3. The number of para-hydroxylation sites is 1. The van der Waals surface area contributed by atoms with Crippen LogP contribution in [0.2, 0.25) is 0 Å². The van der Waals surface area contributed by atoms with Crippen LogP contribution in [0, 0.1) is 18.8 Å². The lowest BCUT2D eigenvalue weighted by Crippen LogP contribution is -2.47. The van der Waals surface area contributed by atoms with E-state index in [1.54, 1.807) is 7.11 Å². The van der Waals surface area contributed by atoms with Gasteiger partial charge in [-0.1, -0.05) is 61.9 Å². The van der Waals surface area contributed by atoms with Gasteiger partial charge in [-0.2, -0.15) is 5.10 Å². The maximum atomic E-state index is 12.6. The van der Waals surface area contributed by atoms with E-state index in [-0.39, 0.29) is 11.8 Å². The molecule has 2 heterocycles. The Kier molecular flexibility index (Phi) is 10.3. The number of aryl methyl sites for hydroxylation is 1. The third kappa shape index (κ3) is 8.27. The average molecular weight is 555 g/mol. The van der Waals surface area contributed by atoms with E-state index in [2.05, 4.69) is 35.1 Å². The molecule has 7 nitrogen and oxygen atoms in total. The van der Waals surface area contributed by atoms with Gasteiger partial charge in [0.1, 0.15) is 11.5 Å². The highest BCUT2D eigenvalue weighted by Crippen LogP contribution is 2.32. The molecule has 216 valence electrons. The zero-order valence-electron chi connectivity index (χ0n) is 24.9. The molecule has 1 aliphatic heterocycles. The third-order valence-corrected chi connectivity index (χ3v) is 7.47. The van der Waals surface area contributed by atoms with E-state index in [1.807, 2.05) is 85.5 Å². The third-order valence-electron chi connectivity index (χ3n) is 7.47. The number of aromatic nitrogens is 2. The summed E-state index contributed by atoms with van der Waals surface area (Å²) in [6, 6.07) is 23.8. The van der Waals surface area contributed by atoms with Gasteiger partial charge in [0.05, 0.1) is 18.3 Å². The van der Waals surface area contributed by atoms with Gasteiger partial charge in [0.25, 0.3) is 5.91 Å². The molecule has 0 spiro atoms. The number of benzene rings is 3. The number of aromatic amines is 1. The number of nitrogens with zero attached hydrogens (tertiary/aromatic N) is 3. The van der Waals surface area contributed by atoms with Gasteiger partial charge in [0.2, 0.25) is 0 Å². The van der Waals surface area contributed by atoms with E-state index in [1.165, 1.54) is 5.56 Å². The Morgan fingerprint density at radius 2 is 1.54 bits per heavy atom. The number of rotatable bonds is 5. The summed E-state index contributed by atoms with van der Waals surface area (Å²) in [6.45, 7) is 9.45. The van der Waals surface area contributed by atoms with Crippen LogP contribution >= 0.6 is 0 Å². The Morgan fingerprint density at radius 3 is 2.10 bits per heavy atom. The van der Waals surface area contributed by atoms with E-state index >= 15 is 0 Å². The van der Waals surface area contributed by atoms with Crippen LogP contribution in [-0.4, -0.2) is 72.0 Å². The molecule has 3 aromatic carbocycles. The van der Waals surface area contributed by atoms with Crippen LogP contribution < -0.4 is 4.74 Å². The lowest BCUT2D eigenvalue weighted by Gasteiger charge is -2.32. The van der Waals surface area contributed by atoms with Crippen LogP contribution in [0.5, 0.6) is 5.75 Å². The first-order valence-electron chi connectivity index (χ1n) is 14.4. The van der Waals surface area contributed by atoms with Gasteiger partial charge in [-0.3, -0.25) is 14.7 Å². The van der Waals surface area contributed by atoms with Crippen molar-refractivity contribution in [3.8, 4) is 17.0 Å². The second kappa shape index (κ2) is 14.1. The topological polar surface area (TPSA) is 78.5 Å². The van der Waals surface area contributed by atoms with Crippen LogP contribution in [0.1, 0.15) is 42.6 Å². The van der Waals surface area contributed by atoms with Crippen molar-refractivity contribution in [2.45, 2.75) is 33.6 Å². The molecule has 0 radical (unpaired) electrons. The minimum Gasteiger partial charge on any atom is -0.497 e. The van der Waals surface area contributed by atoms with E-state index in [0.717, 1.165) is 72.5 Å². The molecule has 7 heteroatoms. The lowest BCUT2D eigenvalue weighted by molar-refractivity contribution is -0.123. The van der Waals surface area contributed by atoms with Crippen molar-refractivity contribution in [1.82, 2.24) is 20.0 Å². The summed E-state index contributed by atoms with van der Waals surface area (Å²) >= 11 is 0. The van der Waals surface area contributed by atoms with Crippen molar-refractivity contribution in [3.63, 3.8) is 0 Å². The Balaban J connectivity index is 0.000000186. The maximum absolute atomic E-state index is 12.6. The molecule has 0 unspecified atom stereocenters. The van der Waals surface area contributed by atoms with Gasteiger partial charge >= 0.3 is 0 Å². The van der Waals surface area contributed by atoms with Crippen LogP contribution in [0.15, 0.2) is 72.8 Å². The second-order valence-electron chi connectivity index (χ2n) is 11.1. The minimum absolute atomic E-state index is 0.113. The minimum atomic E-state index is 0.113. The highest BCUT2D eigenvalue weighted by atomic mass is 16.5. The van der Waals surface area contributed by atoms with Gasteiger partial charge in [-0.05, 0) is 57.1 Å². The zero-order chi connectivity index (χ0) is 29.4. The first-order chi connectivity index (χ1) is 19.8. The molecule has 1 N–H and O–H groups in total. The molecule has 1 saturated heterocycles. The Hall–Kier alpha value is -3.97. The maximum Gasteiger partial charge on any atom is 0.253 e. The monoisotopic (exact) mass is 554 g/mol. The largest absolute Gasteiger partial charge is 0.497 e. The first kappa shape index (κ1) is 30.0. The van der Waals surface area contributed by atoms with Crippen molar-refractivity contribution in [3.05, 3.63) is 83.9 Å². The van der Waals surface area contributed by atoms with E-state index in [0.29, 0.717) is 11.7 Å². The number of methoxy groups -OCH3 is 1. The molecular formula is C34H42N4O3. The fourth-order valence-electron chi connectivity index (χ4n) is 4.66. The van der Waals surface area contributed by atoms with Gasteiger partial charge < -0.3 is 14.5 Å².